The maximum atomic E-state index is 13.4. The first kappa shape index (κ1) is 18.4. The van der Waals surface area contributed by atoms with Gasteiger partial charge in [0.1, 0.15) is 5.82 Å². The predicted molar refractivity (Wildman–Crippen MR) is 103 cm³/mol. The van der Waals surface area contributed by atoms with Crippen LogP contribution >= 0.6 is 0 Å². The molecule has 3 rings (SSSR count). The normalized spacial score (nSPS) is 14.3. The molecule has 1 N–H and O–H groups in total. The van der Waals surface area contributed by atoms with E-state index in [2.05, 4.69) is 23.2 Å². The summed E-state index contributed by atoms with van der Waals surface area (Å²) in [6.45, 7) is 6.29. The number of hydrogen-bond donors (Lipinski definition) is 1. The van der Waals surface area contributed by atoms with Crippen molar-refractivity contribution in [3.63, 3.8) is 0 Å². The molecule has 138 valence electrons. The molecule has 0 aliphatic carbocycles. The molecule has 26 heavy (non-hydrogen) atoms. The van der Waals surface area contributed by atoms with Crippen molar-refractivity contribution in [2.75, 3.05) is 38.1 Å². The van der Waals surface area contributed by atoms with Crippen LogP contribution in [0.5, 0.6) is 0 Å². The second kappa shape index (κ2) is 8.32. The van der Waals surface area contributed by atoms with Gasteiger partial charge in [0, 0.05) is 51.0 Å². The number of nitrogens with zero attached hydrogens (tertiary/aromatic N) is 2. The van der Waals surface area contributed by atoms with E-state index in [0.29, 0.717) is 12.1 Å². The number of benzene rings is 2. The van der Waals surface area contributed by atoms with Gasteiger partial charge in [0.15, 0.2) is 0 Å². The molecule has 0 bridgehead atoms. The molecule has 2 aromatic carbocycles. The second-order valence-corrected chi connectivity index (χ2v) is 6.77. The minimum Gasteiger partial charge on any atom is -0.369 e. The molecule has 0 spiro atoms. The van der Waals surface area contributed by atoms with Crippen molar-refractivity contribution >= 4 is 11.6 Å². The lowest BCUT2D eigenvalue weighted by molar-refractivity contribution is 0.0785. The molecule has 1 saturated heterocycles. The van der Waals surface area contributed by atoms with Crippen molar-refractivity contribution in [2.24, 2.45) is 0 Å². The molecular weight excluding hydrogens is 329 g/mol. The SMILES string of the molecule is CCc1cc(C(=O)N(C)Cc2cccc(F)c2)cc(N2CCNCC2)c1. The van der Waals surface area contributed by atoms with Gasteiger partial charge in [-0.15, -0.1) is 0 Å². The Balaban J connectivity index is 1.81. The highest BCUT2D eigenvalue weighted by atomic mass is 19.1. The Morgan fingerprint density at radius 3 is 2.62 bits per heavy atom. The van der Waals surface area contributed by atoms with Crippen molar-refractivity contribution in [3.05, 3.63) is 65.0 Å². The molecule has 0 saturated carbocycles. The molecule has 1 fully saturated rings. The Kier molecular flexibility index (Phi) is 5.89. The summed E-state index contributed by atoms with van der Waals surface area (Å²) in [7, 11) is 1.76. The van der Waals surface area contributed by atoms with E-state index >= 15 is 0 Å². The zero-order valence-electron chi connectivity index (χ0n) is 15.5. The van der Waals surface area contributed by atoms with Gasteiger partial charge in [-0.25, -0.2) is 4.39 Å². The number of hydrogen-bond acceptors (Lipinski definition) is 3. The lowest BCUT2D eigenvalue weighted by Gasteiger charge is -2.30. The maximum absolute atomic E-state index is 13.4. The molecule has 1 amide bonds. The molecular formula is C21H26FN3O. The van der Waals surface area contributed by atoms with E-state index < -0.39 is 0 Å². The van der Waals surface area contributed by atoms with Crippen LogP contribution in [0, 0.1) is 5.82 Å². The Morgan fingerprint density at radius 2 is 1.92 bits per heavy atom. The highest BCUT2D eigenvalue weighted by molar-refractivity contribution is 5.95. The largest absolute Gasteiger partial charge is 0.369 e. The Bertz CT molecular complexity index is 772. The third-order valence-electron chi connectivity index (χ3n) is 4.77. The van der Waals surface area contributed by atoms with Gasteiger partial charge < -0.3 is 15.1 Å². The third-order valence-corrected chi connectivity index (χ3v) is 4.77. The molecule has 0 radical (unpaired) electrons. The first-order chi connectivity index (χ1) is 12.6. The summed E-state index contributed by atoms with van der Waals surface area (Å²) in [5.41, 5.74) is 3.74. The van der Waals surface area contributed by atoms with E-state index in [4.69, 9.17) is 0 Å². The maximum Gasteiger partial charge on any atom is 0.253 e. The number of aryl methyl sites for hydroxylation is 1. The standard InChI is InChI=1S/C21H26FN3O/c1-3-16-11-18(14-20(13-16)25-9-7-23-8-10-25)21(26)24(2)15-17-5-4-6-19(22)12-17/h4-6,11-14,23H,3,7-10,15H2,1-2H3. The molecule has 1 aliphatic heterocycles. The highest BCUT2D eigenvalue weighted by Crippen LogP contribution is 2.22. The van der Waals surface area contributed by atoms with Gasteiger partial charge in [-0.05, 0) is 47.9 Å². The number of amides is 1. The van der Waals surface area contributed by atoms with E-state index in [-0.39, 0.29) is 11.7 Å². The van der Waals surface area contributed by atoms with Crippen molar-refractivity contribution in [1.82, 2.24) is 10.2 Å². The number of anilines is 1. The van der Waals surface area contributed by atoms with E-state index in [0.717, 1.165) is 49.4 Å². The summed E-state index contributed by atoms with van der Waals surface area (Å²) >= 11 is 0. The van der Waals surface area contributed by atoms with E-state index in [1.165, 1.54) is 12.1 Å². The average molecular weight is 355 g/mol. The molecule has 1 heterocycles. The third kappa shape index (κ3) is 4.41. The molecule has 5 heteroatoms. The monoisotopic (exact) mass is 355 g/mol. The van der Waals surface area contributed by atoms with Gasteiger partial charge in [-0.3, -0.25) is 4.79 Å². The summed E-state index contributed by atoms with van der Waals surface area (Å²) < 4.78 is 13.4. The van der Waals surface area contributed by atoms with Crippen molar-refractivity contribution < 1.29 is 9.18 Å². The summed E-state index contributed by atoms with van der Waals surface area (Å²) in [6, 6.07) is 12.5. The number of carbonyl (C=O) groups is 1. The lowest BCUT2D eigenvalue weighted by Crippen LogP contribution is -2.43. The fourth-order valence-corrected chi connectivity index (χ4v) is 3.31. The van der Waals surface area contributed by atoms with Gasteiger partial charge in [-0.1, -0.05) is 19.1 Å². The predicted octanol–water partition coefficient (Wildman–Crippen LogP) is 3.07. The minimum absolute atomic E-state index is 0.0408. The highest BCUT2D eigenvalue weighted by Gasteiger charge is 2.17. The Labute approximate surface area is 154 Å². The second-order valence-electron chi connectivity index (χ2n) is 6.77. The van der Waals surface area contributed by atoms with Crippen LogP contribution in [0.4, 0.5) is 10.1 Å². The van der Waals surface area contributed by atoms with Gasteiger partial charge in [0.2, 0.25) is 0 Å². The average Bonchev–Trinajstić information content (AvgIpc) is 2.67. The number of piperazine rings is 1. The Hall–Kier alpha value is -2.40. The number of rotatable bonds is 5. The van der Waals surface area contributed by atoms with Crippen molar-refractivity contribution in [2.45, 2.75) is 19.9 Å². The summed E-state index contributed by atoms with van der Waals surface area (Å²) in [5, 5.41) is 3.35. The molecule has 2 aromatic rings. The van der Waals surface area contributed by atoms with Crippen molar-refractivity contribution in [3.8, 4) is 0 Å². The Morgan fingerprint density at radius 1 is 1.15 bits per heavy atom. The van der Waals surface area contributed by atoms with Crippen LogP contribution in [0.2, 0.25) is 0 Å². The van der Waals surface area contributed by atoms with Crippen LogP contribution in [0.15, 0.2) is 42.5 Å². The van der Waals surface area contributed by atoms with Crippen LogP contribution in [0.25, 0.3) is 0 Å². The quantitative estimate of drug-likeness (QED) is 0.895. The van der Waals surface area contributed by atoms with Gasteiger partial charge in [-0.2, -0.15) is 0 Å². The van der Waals surface area contributed by atoms with E-state index in [1.54, 1.807) is 18.0 Å². The van der Waals surface area contributed by atoms with Gasteiger partial charge >= 0.3 is 0 Å². The molecule has 0 unspecified atom stereocenters. The van der Waals surface area contributed by atoms with Gasteiger partial charge in [0.05, 0.1) is 0 Å². The van der Waals surface area contributed by atoms with E-state index in [1.807, 2.05) is 18.2 Å². The van der Waals surface area contributed by atoms with Crippen LogP contribution in [0.3, 0.4) is 0 Å². The topological polar surface area (TPSA) is 35.6 Å². The summed E-state index contributed by atoms with van der Waals surface area (Å²) in [4.78, 5) is 16.9. The lowest BCUT2D eigenvalue weighted by atomic mass is 10.0. The molecule has 1 aliphatic rings. The first-order valence-corrected chi connectivity index (χ1v) is 9.16. The van der Waals surface area contributed by atoms with Gasteiger partial charge in [0.25, 0.3) is 5.91 Å². The number of carbonyl (C=O) groups excluding carboxylic acids is 1. The minimum atomic E-state index is -0.280. The van der Waals surface area contributed by atoms with E-state index in [9.17, 15) is 9.18 Å². The smallest absolute Gasteiger partial charge is 0.253 e. The van der Waals surface area contributed by atoms with Crippen LogP contribution < -0.4 is 10.2 Å². The zero-order valence-corrected chi connectivity index (χ0v) is 15.5. The summed E-state index contributed by atoms with van der Waals surface area (Å²) in [6.07, 6.45) is 0.883. The molecule has 0 atom stereocenters. The zero-order chi connectivity index (χ0) is 18.5. The van der Waals surface area contributed by atoms with Crippen LogP contribution in [-0.2, 0) is 13.0 Å². The first-order valence-electron chi connectivity index (χ1n) is 9.16. The molecule has 0 aromatic heterocycles. The molecule has 4 nitrogen and oxygen atoms in total. The van der Waals surface area contributed by atoms with Crippen molar-refractivity contribution in [1.29, 1.82) is 0 Å². The van der Waals surface area contributed by atoms with Crippen LogP contribution in [-0.4, -0.2) is 44.0 Å². The summed E-state index contributed by atoms with van der Waals surface area (Å²) in [5.74, 6) is -0.321. The fraction of sp³-hybridized carbons (Fsp3) is 0.381. The fourth-order valence-electron chi connectivity index (χ4n) is 3.31. The number of halogens is 1. The van der Waals surface area contributed by atoms with Crippen LogP contribution in [0.1, 0.15) is 28.4 Å². The number of nitrogens with one attached hydrogen (secondary N) is 1.